The molecular weight excluding hydrogens is 810 g/mol. The van der Waals surface area contributed by atoms with E-state index in [0.717, 1.165) is 17.1 Å². The maximum Gasteiger partial charge on any atom is 0.249 e. The predicted molar refractivity (Wildman–Crippen MR) is 284 cm³/mol. The molecule has 0 saturated heterocycles. The lowest BCUT2D eigenvalue weighted by Gasteiger charge is -2.44. The average molecular weight is 864 g/mol. The van der Waals surface area contributed by atoms with Crippen LogP contribution in [0.25, 0.3) is 0 Å². The molecule has 3 nitrogen and oxygen atoms in total. The van der Waals surface area contributed by atoms with Gasteiger partial charge in [0.05, 0.1) is 34.1 Å². The first-order valence-corrected chi connectivity index (χ1v) is 23.8. The second-order valence-corrected chi connectivity index (χ2v) is 20.1. The number of hydrogen-bond acceptors (Lipinski definition) is 3. The van der Waals surface area contributed by atoms with Gasteiger partial charge in [0.1, 0.15) is 0 Å². The Bertz CT molecular complexity index is 2890. The van der Waals surface area contributed by atoms with Crippen LogP contribution in [0.3, 0.4) is 0 Å². The molecule has 0 spiro atoms. The van der Waals surface area contributed by atoms with Crippen molar-refractivity contribution in [2.24, 2.45) is 0 Å². The van der Waals surface area contributed by atoms with Gasteiger partial charge < -0.3 is 14.7 Å². The van der Waals surface area contributed by atoms with Gasteiger partial charge in [0.15, 0.2) is 0 Å². The van der Waals surface area contributed by atoms with Gasteiger partial charge in [0.2, 0.25) is 6.71 Å². The molecule has 0 radical (unpaired) electrons. The molecule has 9 aromatic rings. The smallest absolute Gasteiger partial charge is 0.249 e. The number of benzene rings is 9. The van der Waals surface area contributed by atoms with Crippen LogP contribution in [0.2, 0.25) is 0 Å². The third kappa shape index (κ3) is 6.05. The third-order valence-corrected chi connectivity index (χ3v) is 15.4. The molecule has 12 rings (SSSR count). The van der Waals surface area contributed by atoms with E-state index in [2.05, 4.69) is 275 Å². The van der Waals surface area contributed by atoms with Crippen LogP contribution in [0, 0.1) is 0 Å². The fourth-order valence-electron chi connectivity index (χ4n) is 12.1. The SMILES string of the molecule is CC1(C)c2ccccc2N(c2ccccc2B(c2ccccc2N2c3ccccc3C(C)(C)c3ccccc32)c2ccccc2N2c3ccccc3C(C)(C)c3ccccc32)c2ccccc21. The van der Waals surface area contributed by atoms with E-state index in [1.807, 2.05) is 0 Å². The topological polar surface area (TPSA) is 9.72 Å². The molecule has 0 atom stereocenters. The van der Waals surface area contributed by atoms with Gasteiger partial charge in [-0.2, -0.15) is 0 Å². The predicted octanol–water partition coefficient (Wildman–Crippen LogP) is 14.5. The van der Waals surface area contributed by atoms with E-state index in [0.29, 0.717) is 0 Å². The van der Waals surface area contributed by atoms with Gasteiger partial charge in [-0.1, -0.05) is 205 Å². The Morgan fingerprint density at radius 1 is 0.224 bits per heavy atom. The highest BCUT2D eigenvalue weighted by Gasteiger charge is 2.43. The zero-order chi connectivity index (χ0) is 45.7. The van der Waals surface area contributed by atoms with Gasteiger partial charge in [-0.05, 0) is 104 Å². The van der Waals surface area contributed by atoms with Gasteiger partial charge in [-0.15, -0.1) is 0 Å². The number of anilines is 9. The summed E-state index contributed by atoms with van der Waals surface area (Å²) in [5, 5.41) is 0. The van der Waals surface area contributed by atoms with Crippen LogP contribution in [0.5, 0.6) is 0 Å². The van der Waals surface area contributed by atoms with Crippen molar-refractivity contribution in [3.63, 3.8) is 0 Å². The van der Waals surface area contributed by atoms with Crippen molar-refractivity contribution in [2.45, 2.75) is 57.8 Å². The Balaban J connectivity index is 1.17. The van der Waals surface area contributed by atoms with Gasteiger partial charge in [-0.3, -0.25) is 0 Å². The lowest BCUT2D eigenvalue weighted by Crippen LogP contribution is -2.55. The minimum atomic E-state index is -0.235. The Morgan fingerprint density at radius 2 is 0.388 bits per heavy atom. The third-order valence-electron chi connectivity index (χ3n) is 15.4. The fourth-order valence-corrected chi connectivity index (χ4v) is 12.1. The highest BCUT2D eigenvalue weighted by atomic mass is 15.2. The number of rotatable bonds is 6. The molecule has 0 saturated carbocycles. The summed E-state index contributed by atoms with van der Waals surface area (Å²) >= 11 is 0. The minimum Gasteiger partial charge on any atom is -0.310 e. The van der Waals surface area contributed by atoms with E-state index in [9.17, 15) is 0 Å². The van der Waals surface area contributed by atoms with E-state index >= 15 is 0 Å². The van der Waals surface area contributed by atoms with Crippen LogP contribution in [0.4, 0.5) is 51.2 Å². The Hall–Kier alpha value is -7.56. The van der Waals surface area contributed by atoms with E-state index in [1.165, 1.54) is 83.9 Å². The molecule has 324 valence electrons. The molecular formula is C63H54BN3. The molecule has 3 aliphatic heterocycles. The van der Waals surface area contributed by atoms with Crippen LogP contribution in [-0.4, -0.2) is 6.71 Å². The van der Waals surface area contributed by atoms with Gasteiger partial charge >= 0.3 is 0 Å². The summed E-state index contributed by atoms with van der Waals surface area (Å²) in [4.78, 5) is 7.64. The van der Waals surface area contributed by atoms with E-state index in [4.69, 9.17) is 0 Å². The van der Waals surface area contributed by atoms with Crippen LogP contribution in [-0.2, 0) is 16.2 Å². The van der Waals surface area contributed by atoms with Crippen molar-refractivity contribution in [2.75, 3.05) is 14.7 Å². The monoisotopic (exact) mass is 863 g/mol. The average Bonchev–Trinajstić information content (AvgIpc) is 3.36. The van der Waals surface area contributed by atoms with Crippen molar-refractivity contribution in [1.82, 2.24) is 0 Å². The first kappa shape index (κ1) is 40.9. The van der Waals surface area contributed by atoms with Crippen molar-refractivity contribution < 1.29 is 0 Å². The van der Waals surface area contributed by atoms with Crippen LogP contribution in [0.15, 0.2) is 218 Å². The van der Waals surface area contributed by atoms with E-state index < -0.39 is 0 Å². The molecule has 0 N–H and O–H groups in total. The van der Waals surface area contributed by atoms with Crippen molar-refractivity contribution in [1.29, 1.82) is 0 Å². The molecule has 9 aromatic carbocycles. The van der Waals surface area contributed by atoms with Crippen molar-refractivity contribution in [3.8, 4) is 0 Å². The number of hydrogen-bond donors (Lipinski definition) is 0. The summed E-state index contributed by atoms with van der Waals surface area (Å²) in [7, 11) is 0. The molecule has 0 aromatic heterocycles. The standard InChI is InChI=1S/C63H54BN3/c1-61(2)43-25-7-16-34-52(43)65(53-35-17-8-26-44(53)61)58-40-22-13-31-49(58)64(50-32-14-23-41-59(50)66-54-36-18-9-27-45(54)62(3,4)46-28-10-19-37-55(46)66)51-33-15-24-42-60(51)67-56-38-20-11-29-47(56)63(5,6)48-30-12-21-39-57(48)67/h7-42H,1-6H3. The van der Waals surface area contributed by atoms with Crippen molar-refractivity contribution in [3.05, 3.63) is 252 Å². The lowest BCUT2D eigenvalue weighted by atomic mass is 9.35. The second-order valence-electron chi connectivity index (χ2n) is 20.1. The maximum absolute atomic E-state index is 2.55. The molecule has 3 heterocycles. The largest absolute Gasteiger partial charge is 0.310 e. The zero-order valence-corrected chi connectivity index (χ0v) is 39.2. The Morgan fingerprint density at radius 3 is 0.597 bits per heavy atom. The normalized spacial score (nSPS) is 15.6. The summed E-state index contributed by atoms with van der Waals surface area (Å²) in [6.07, 6.45) is 0. The molecule has 0 fully saturated rings. The second kappa shape index (κ2) is 15.3. The Labute approximate surface area is 396 Å². The molecule has 3 aliphatic rings. The quantitative estimate of drug-likeness (QED) is 0.154. The van der Waals surface area contributed by atoms with Gasteiger partial charge in [-0.25, -0.2) is 0 Å². The fraction of sp³-hybridized carbons (Fsp3) is 0.143. The lowest BCUT2D eigenvalue weighted by molar-refractivity contribution is 0.632. The first-order valence-electron chi connectivity index (χ1n) is 23.8. The molecule has 0 unspecified atom stereocenters. The highest BCUT2D eigenvalue weighted by Crippen LogP contribution is 2.55. The highest BCUT2D eigenvalue weighted by molar-refractivity contribution is 6.98. The summed E-state index contributed by atoms with van der Waals surface area (Å²) in [5.74, 6) is 0. The van der Waals surface area contributed by atoms with E-state index in [1.54, 1.807) is 0 Å². The first-order chi connectivity index (χ1) is 32.6. The van der Waals surface area contributed by atoms with E-state index in [-0.39, 0.29) is 23.0 Å². The Kier molecular flexibility index (Phi) is 9.32. The number of nitrogens with zero attached hydrogens (tertiary/aromatic N) is 3. The molecule has 67 heavy (non-hydrogen) atoms. The maximum atomic E-state index is 2.55. The van der Waals surface area contributed by atoms with Crippen LogP contribution < -0.4 is 31.1 Å². The summed E-state index contributed by atoms with van der Waals surface area (Å²) in [6, 6.07) is 81.7. The molecule has 0 aliphatic carbocycles. The van der Waals surface area contributed by atoms with Gasteiger partial charge in [0, 0.05) is 33.3 Å². The molecule has 0 amide bonds. The van der Waals surface area contributed by atoms with Gasteiger partial charge in [0.25, 0.3) is 0 Å². The number of para-hydroxylation sites is 9. The molecule has 0 bridgehead atoms. The van der Waals surface area contributed by atoms with Crippen LogP contribution in [0.1, 0.15) is 74.9 Å². The zero-order valence-electron chi connectivity index (χ0n) is 39.2. The van der Waals surface area contributed by atoms with Crippen molar-refractivity contribution >= 4 is 74.3 Å². The molecule has 4 heteroatoms. The summed E-state index contributed by atoms with van der Waals surface area (Å²) in [5.41, 5.74) is 21.7. The number of fused-ring (bicyclic) bond motifs is 6. The minimum absolute atomic E-state index is 0.192. The summed E-state index contributed by atoms with van der Waals surface area (Å²) < 4.78 is 0. The van der Waals surface area contributed by atoms with Crippen LogP contribution >= 0.6 is 0 Å². The summed E-state index contributed by atoms with van der Waals surface area (Å²) in [6.45, 7) is 14.0.